The zero-order valence-corrected chi connectivity index (χ0v) is 15.4. The number of likely N-dealkylation sites (N-methyl/N-ethyl adjacent to an activating group) is 1. The lowest BCUT2D eigenvalue weighted by atomic mass is 9.93. The third kappa shape index (κ3) is 3.05. The minimum Gasteiger partial charge on any atom is -0.351 e. The molecule has 0 spiro atoms. The molecule has 1 aromatic carbocycles. The largest absolute Gasteiger partial charge is 0.351 e. The molecule has 2 aliphatic rings. The first-order valence-corrected chi connectivity index (χ1v) is 9.14. The normalized spacial score (nSPS) is 20.9. The fourth-order valence-corrected chi connectivity index (χ4v) is 3.79. The number of allylic oxidation sites excluding steroid dienone is 1. The van der Waals surface area contributed by atoms with Gasteiger partial charge in [0.1, 0.15) is 0 Å². The third-order valence-electron chi connectivity index (χ3n) is 4.85. The van der Waals surface area contributed by atoms with Crippen LogP contribution in [0, 0.1) is 0 Å². The van der Waals surface area contributed by atoms with Crippen molar-refractivity contribution in [3.8, 4) is 0 Å². The lowest BCUT2D eigenvalue weighted by Gasteiger charge is -2.39. The molecule has 0 radical (unpaired) electrons. The second kappa shape index (κ2) is 6.93. The molecule has 1 aromatic rings. The highest BCUT2D eigenvalue weighted by Crippen LogP contribution is 2.38. The number of thiocarbonyl (C=S) groups is 1. The second-order valence-corrected chi connectivity index (χ2v) is 6.76. The molecule has 1 atom stereocenters. The number of nitrogens with one attached hydrogen (secondary N) is 1. The van der Waals surface area contributed by atoms with Crippen molar-refractivity contribution < 1.29 is 4.79 Å². The summed E-state index contributed by atoms with van der Waals surface area (Å²) < 4.78 is 0. The first-order chi connectivity index (χ1) is 11.6. The summed E-state index contributed by atoms with van der Waals surface area (Å²) in [5.74, 6) is 0.104. The van der Waals surface area contributed by atoms with Gasteiger partial charge < -0.3 is 15.1 Å². The molecule has 1 aliphatic heterocycles. The van der Waals surface area contributed by atoms with E-state index in [0.29, 0.717) is 19.1 Å². The number of benzene rings is 1. The number of nitrogens with zero attached hydrogens (tertiary/aromatic N) is 2. The predicted molar refractivity (Wildman–Crippen MR) is 100 cm³/mol. The smallest absolute Gasteiger partial charge is 0.253 e. The van der Waals surface area contributed by atoms with Crippen molar-refractivity contribution in [2.45, 2.75) is 45.7 Å². The first-order valence-electron chi connectivity index (χ1n) is 8.73. The van der Waals surface area contributed by atoms with E-state index in [1.165, 1.54) is 0 Å². The molecule has 3 rings (SSSR count). The van der Waals surface area contributed by atoms with Gasteiger partial charge in [-0.2, -0.15) is 0 Å². The molecule has 0 bridgehead atoms. The molecule has 1 heterocycles. The van der Waals surface area contributed by atoms with Gasteiger partial charge in [0.15, 0.2) is 5.11 Å². The Labute approximate surface area is 149 Å². The predicted octanol–water partition coefficient (Wildman–Crippen LogP) is 3.22. The lowest BCUT2D eigenvalue weighted by Crippen LogP contribution is -2.50. The van der Waals surface area contributed by atoms with E-state index < -0.39 is 0 Å². The van der Waals surface area contributed by atoms with Gasteiger partial charge in [-0.15, -0.1) is 0 Å². The molecule has 4 nitrogen and oxygen atoms in total. The monoisotopic (exact) mass is 343 g/mol. The zero-order chi connectivity index (χ0) is 17.3. The minimum absolute atomic E-state index is 0.104. The summed E-state index contributed by atoms with van der Waals surface area (Å²) in [6, 6.07) is 10.4. The van der Waals surface area contributed by atoms with E-state index in [1.54, 1.807) is 0 Å². The molecular weight excluding hydrogens is 318 g/mol. The average Bonchev–Trinajstić information content (AvgIpc) is 3.41. The number of hydrogen-bond donors (Lipinski definition) is 1. The molecular formula is C19H25N3OS. The van der Waals surface area contributed by atoms with E-state index >= 15 is 0 Å². The van der Waals surface area contributed by atoms with Gasteiger partial charge in [-0.3, -0.25) is 4.79 Å². The summed E-state index contributed by atoms with van der Waals surface area (Å²) in [6.45, 7) is 7.50. The highest BCUT2D eigenvalue weighted by molar-refractivity contribution is 7.80. The van der Waals surface area contributed by atoms with Crippen LogP contribution < -0.4 is 5.32 Å². The van der Waals surface area contributed by atoms with E-state index in [2.05, 4.69) is 22.3 Å². The molecule has 0 unspecified atom stereocenters. The SMILES string of the molecule is CCN(CC)C(=O)C1=C(C)N(C2CC2)C(=S)N[C@H]1c1ccccc1. The third-order valence-corrected chi connectivity index (χ3v) is 5.17. The van der Waals surface area contributed by atoms with Gasteiger partial charge in [-0.05, 0) is 51.4 Å². The van der Waals surface area contributed by atoms with E-state index in [9.17, 15) is 4.79 Å². The Morgan fingerprint density at radius 1 is 1.25 bits per heavy atom. The van der Waals surface area contributed by atoms with Crippen LogP contribution in [0.2, 0.25) is 0 Å². The van der Waals surface area contributed by atoms with Crippen LogP contribution in [0.4, 0.5) is 0 Å². The Hall–Kier alpha value is -1.88. The maximum atomic E-state index is 13.2. The van der Waals surface area contributed by atoms with E-state index in [-0.39, 0.29) is 11.9 Å². The molecule has 1 N–H and O–H groups in total. The van der Waals surface area contributed by atoms with E-state index in [0.717, 1.165) is 34.8 Å². The van der Waals surface area contributed by atoms with Crippen molar-refractivity contribution in [2.75, 3.05) is 13.1 Å². The summed E-state index contributed by atoms with van der Waals surface area (Å²) in [6.07, 6.45) is 2.28. The van der Waals surface area contributed by atoms with Crippen LogP contribution in [-0.2, 0) is 4.79 Å². The molecule has 5 heteroatoms. The quantitative estimate of drug-likeness (QED) is 0.833. The summed E-state index contributed by atoms with van der Waals surface area (Å²) >= 11 is 5.62. The number of amides is 1. The van der Waals surface area contributed by atoms with Crippen molar-refractivity contribution >= 4 is 23.2 Å². The molecule has 0 saturated heterocycles. The maximum Gasteiger partial charge on any atom is 0.253 e. The van der Waals surface area contributed by atoms with Gasteiger partial charge in [-0.1, -0.05) is 30.3 Å². The Kier molecular flexibility index (Phi) is 4.90. The van der Waals surface area contributed by atoms with Crippen molar-refractivity contribution in [1.82, 2.24) is 15.1 Å². The van der Waals surface area contributed by atoms with Crippen molar-refractivity contribution in [2.24, 2.45) is 0 Å². The van der Waals surface area contributed by atoms with Gasteiger partial charge in [0.2, 0.25) is 0 Å². The van der Waals surface area contributed by atoms with Crippen molar-refractivity contribution in [3.05, 3.63) is 47.2 Å². The Morgan fingerprint density at radius 2 is 1.88 bits per heavy atom. The zero-order valence-electron chi connectivity index (χ0n) is 14.6. The van der Waals surface area contributed by atoms with Crippen LogP contribution in [0.15, 0.2) is 41.6 Å². The van der Waals surface area contributed by atoms with Crippen LogP contribution in [0.3, 0.4) is 0 Å². The van der Waals surface area contributed by atoms with Crippen molar-refractivity contribution in [3.63, 3.8) is 0 Å². The van der Waals surface area contributed by atoms with Crippen LogP contribution in [-0.4, -0.2) is 40.0 Å². The van der Waals surface area contributed by atoms with Gasteiger partial charge in [0.25, 0.3) is 5.91 Å². The standard InChI is InChI=1S/C19H25N3OS/c1-4-21(5-2)18(23)16-13(3)22(15-11-12-15)19(24)20-17(16)14-9-7-6-8-10-14/h6-10,15,17H,4-5,11-12H2,1-3H3,(H,20,24)/t17-/m0/s1. The average molecular weight is 343 g/mol. The fourth-order valence-electron chi connectivity index (χ4n) is 3.38. The van der Waals surface area contributed by atoms with E-state index in [1.807, 2.05) is 43.9 Å². The Morgan fingerprint density at radius 3 is 2.42 bits per heavy atom. The fraction of sp³-hybridized carbons (Fsp3) is 0.474. The second-order valence-electron chi connectivity index (χ2n) is 6.37. The van der Waals surface area contributed by atoms with Crippen LogP contribution >= 0.6 is 12.2 Å². The molecule has 128 valence electrons. The molecule has 24 heavy (non-hydrogen) atoms. The number of carbonyl (C=O) groups excluding carboxylic acids is 1. The number of hydrogen-bond acceptors (Lipinski definition) is 2. The van der Waals surface area contributed by atoms with Gasteiger partial charge in [0, 0.05) is 24.8 Å². The first kappa shape index (κ1) is 17.0. The topological polar surface area (TPSA) is 35.6 Å². The molecule has 1 amide bonds. The maximum absolute atomic E-state index is 13.2. The molecule has 1 fully saturated rings. The van der Waals surface area contributed by atoms with E-state index in [4.69, 9.17) is 12.2 Å². The van der Waals surface area contributed by atoms with Gasteiger partial charge in [0.05, 0.1) is 11.6 Å². The molecule has 1 saturated carbocycles. The summed E-state index contributed by atoms with van der Waals surface area (Å²) in [7, 11) is 0. The van der Waals surface area contributed by atoms with Gasteiger partial charge >= 0.3 is 0 Å². The Bertz CT molecular complexity index is 662. The van der Waals surface area contributed by atoms with Crippen LogP contribution in [0.1, 0.15) is 45.2 Å². The molecule has 0 aromatic heterocycles. The highest BCUT2D eigenvalue weighted by Gasteiger charge is 2.40. The lowest BCUT2D eigenvalue weighted by molar-refractivity contribution is -0.127. The number of rotatable bonds is 5. The summed E-state index contributed by atoms with van der Waals surface area (Å²) in [5.41, 5.74) is 2.91. The van der Waals surface area contributed by atoms with Crippen LogP contribution in [0.5, 0.6) is 0 Å². The van der Waals surface area contributed by atoms with Crippen molar-refractivity contribution in [1.29, 1.82) is 0 Å². The van der Waals surface area contributed by atoms with Crippen LogP contribution in [0.25, 0.3) is 0 Å². The molecule has 1 aliphatic carbocycles. The minimum atomic E-state index is -0.179. The number of carbonyl (C=O) groups is 1. The Balaban J connectivity index is 2.07. The highest BCUT2D eigenvalue weighted by atomic mass is 32.1. The summed E-state index contributed by atoms with van der Waals surface area (Å²) in [5, 5.41) is 4.16. The van der Waals surface area contributed by atoms with Gasteiger partial charge in [-0.25, -0.2) is 0 Å². The summed E-state index contributed by atoms with van der Waals surface area (Å²) in [4.78, 5) is 17.2.